The standard InChI is InChI=1S/C27H24BrN3O4S2/c1-33-24-12-21(23(28)13-25(24)35-16-20-5-3-2-4-19(20)14-29)15-30-31-26(32)17-34-22-8-6-18(7-9-22)27-36-10-11-37-27/h2-9,12-13,15,27H,10-11,16-17H2,1H3,(H,31,32)/b30-15-. The number of carbonyl (C=O) groups is 1. The van der Waals surface area contributed by atoms with E-state index in [1.54, 1.807) is 18.2 Å². The van der Waals surface area contributed by atoms with E-state index in [1.165, 1.54) is 30.4 Å². The van der Waals surface area contributed by atoms with Crippen molar-refractivity contribution in [2.24, 2.45) is 5.10 Å². The molecular weight excluding hydrogens is 574 g/mol. The summed E-state index contributed by atoms with van der Waals surface area (Å²) in [6, 6.07) is 20.8. The van der Waals surface area contributed by atoms with Gasteiger partial charge in [0, 0.05) is 27.1 Å². The Hall–Kier alpha value is -3.13. The van der Waals surface area contributed by atoms with Crippen LogP contribution in [0.4, 0.5) is 0 Å². The molecule has 1 aliphatic rings. The molecule has 0 unspecified atom stereocenters. The molecule has 1 N–H and O–H groups in total. The topological polar surface area (TPSA) is 92.9 Å². The third kappa shape index (κ3) is 7.44. The van der Waals surface area contributed by atoms with E-state index in [1.807, 2.05) is 66.0 Å². The van der Waals surface area contributed by atoms with Crippen molar-refractivity contribution in [3.8, 4) is 23.3 Å². The SMILES string of the molecule is COc1cc(/C=N\NC(=O)COc2ccc(C3SCCS3)cc2)c(Br)cc1OCc1ccccc1C#N. The van der Waals surface area contributed by atoms with E-state index < -0.39 is 0 Å². The van der Waals surface area contributed by atoms with E-state index in [9.17, 15) is 10.1 Å². The highest BCUT2D eigenvalue weighted by atomic mass is 79.9. The number of ether oxygens (including phenoxy) is 3. The van der Waals surface area contributed by atoms with Crippen LogP contribution in [-0.4, -0.2) is 37.3 Å². The van der Waals surface area contributed by atoms with Gasteiger partial charge in [-0.05, 0) is 51.8 Å². The third-order valence-corrected chi connectivity index (χ3v) is 9.13. The van der Waals surface area contributed by atoms with Crippen molar-refractivity contribution in [3.63, 3.8) is 0 Å². The molecule has 4 rings (SSSR count). The number of amides is 1. The van der Waals surface area contributed by atoms with E-state index >= 15 is 0 Å². The number of rotatable bonds is 10. The molecule has 7 nitrogen and oxygen atoms in total. The van der Waals surface area contributed by atoms with Gasteiger partial charge in [-0.15, -0.1) is 23.5 Å². The van der Waals surface area contributed by atoms with Gasteiger partial charge in [0.25, 0.3) is 5.91 Å². The molecule has 0 bridgehead atoms. The zero-order valence-electron chi connectivity index (χ0n) is 20.0. The quantitative estimate of drug-likeness (QED) is 0.229. The average Bonchev–Trinajstić information content (AvgIpc) is 3.47. The van der Waals surface area contributed by atoms with Gasteiger partial charge in [-0.2, -0.15) is 10.4 Å². The van der Waals surface area contributed by atoms with Gasteiger partial charge in [-0.1, -0.05) is 30.3 Å². The smallest absolute Gasteiger partial charge is 0.277 e. The number of carbonyl (C=O) groups excluding carboxylic acids is 1. The minimum Gasteiger partial charge on any atom is -0.493 e. The molecule has 1 aliphatic heterocycles. The number of hydrogen-bond donors (Lipinski definition) is 1. The van der Waals surface area contributed by atoms with Crippen molar-refractivity contribution in [2.75, 3.05) is 25.2 Å². The Bertz CT molecular complexity index is 1310. The summed E-state index contributed by atoms with van der Waals surface area (Å²) in [5, 5.41) is 13.3. The normalized spacial score (nSPS) is 13.3. The predicted molar refractivity (Wildman–Crippen MR) is 152 cm³/mol. The maximum atomic E-state index is 12.2. The van der Waals surface area contributed by atoms with Gasteiger partial charge in [-0.3, -0.25) is 4.79 Å². The molecule has 1 saturated heterocycles. The first-order valence-corrected chi connectivity index (χ1v) is 14.2. The number of nitriles is 1. The number of methoxy groups -OCH3 is 1. The van der Waals surface area contributed by atoms with Crippen LogP contribution in [0.3, 0.4) is 0 Å². The van der Waals surface area contributed by atoms with Gasteiger partial charge in [0.1, 0.15) is 12.4 Å². The van der Waals surface area contributed by atoms with Gasteiger partial charge in [0.15, 0.2) is 18.1 Å². The number of halogens is 1. The van der Waals surface area contributed by atoms with E-state index in [2.05, 4.69) is 32.5 Å². The molecule has 1 heterocycles. The summed E-state index contributed by atoms with van der Waals surface area (Å²) in [7, 11) is 1.54. The van der Waals surface area contributed by atoms with Crippen LogP contribution >= 0.6 is 39.5 Å². The molecule has 1 fully saturated rings. The molecule has 0 aliphatic carbocycles. The Balaban J connectivity index is 1.30. The van der Waals surface area contributed by atoms with E-state index in [0.717, 1.165) is 5.56 Å². The van der Waals surface area contributed by atoms with Crippen LogP contribution in [0, 0.1) is 11.3 Å². The first-order chi connectivity index (χ1) is 18.1. The predicted octanol–water partition coefficient (Wildman–Crippen LogP) is 5.92. The fourth-order valence-electron chi connectivity index (χ4n) is 3.46. The lowest BCUT2D eigenvalue weighted by molar-refractivity contribution is -0.123. The van der Waals surface area contributed by atoms with Crippen LogP contribution in [0.1, 0.15) is 26.8 Å². The summed E-state index contributed by atoms with van der Waals surface area (Å²) in [6.07, 6.45) is 1.50. The summed E-state index contributed by atoms with van der Waals surface area (Å²) < 4.78 is 18.1. The molecule has 3 aromatic carbocycles. The van der Waals surface area contributed by atoms with Gasteiger partial charge in [0.2, 0.25) is 0 Å². The van der Waals surface area contributed by atoms with E-state index in [-0.39, 0.29) is 19.1 Å². The molecule has 0 aromatic heterocycles. The fraction of sp³-hybridized carbons (Fsp3) is 0.222. The molecule has 0 spiro atoms. The largest absolute Gasteiger partial charge is 0.493 e. The Labute approximate surface area is 232 Å². The average molecular weight is 599 g/mol. The first kappa shape index (κ1) is 26.9. The Morgan fingerprint density at radius 1 is 1.14 bits per heavy atom. The van der Waals surface area contributed by atoms with Crippen molar-refractivity contribution in [1.29, 1.82) is 5.26 Å². The van der Waals surface area contributed by atoms with Crippen LogP contribution in [0.5, 0.6) is 17.2 Å². The number of hydrogen-bond acceptors (Lipinski definition) is 8. The highest BCUT2D eigenvalue weighted by Gasteiger charge is 2.18. The molecule has 0 radical (unpaired) electrons. The zero-order valence-corrected chi connectivity index (χ0v) is 23.2. The van der Waals surface area contributed by atoms with Gasteiger partial charge >= 0.3 is 0 Å². The summed E-state index contributed by atoms with van der Waals surface area (Å²) in [5.74, 6) is 3.61. The number of benzene rings is 3. The molecule has 10 heteroatoms. The van der Waals surface area contributed by atoms with Crippen LogP contribution in [0.2, 0.25) is 0 Å². The van der Waals surface area contributed by atoms with Crippen LogP contribution in [-0.2, 0) is 11.4 Å². The third-order valence-electron chi connectivity index (χ3n) is 5.34. The maximum absolute atomic E-state index is 12.2. The summed E-state index contributed by atoms with van der Waals surface area (Å²) in [5.41, 5.74) is 5.75. The van der Waals surface area contributed by atoms with Gasteiger partial charge in [0.05, 0.1) is 29.5 Å². The number of nitrogens with zero attached hydrogens (tertiary/aromatic N) is 2. The minimum absolute atomic E-state index is 0.148. The Morgan fingerprint density at radius 2 is 1.89 bits per heavy atom. The fourth-order valence-corrected chi connectivity index (χ4v) is 6.74. The monoisotopic (exact) mass is 597 g/mol. The number of hydrazone groups is 1. The molecular formula is C27H24BrN3O4S2. The summed E-state index contributed by atoms with van der Waals surface area (Å²) >= 11 is 7.40. The van der Waals surface area contributed by atoms with E-state index in [0.29, 0.717) is 37.4 Å². The highest BCUT2D eigenvalue weighted by molar-refractivity contribution is 9.10. The van der Waals surface area contributed by atoms with Gasteiger partial charge in [-0.25, -0.2) is 5.43 Å². The van der Waals surface area contributed by atoms with Crippen molar-refractivity contribution in [1.82, 2.24) is 5.43 Å². The number of thioether (sulfide) groups is 2. The molecule has 190 valence electrons. The van der Waals surface area contributed by atoms with Crippen molar-refractivity contribution >= 4 is 51.6 Å². The highest BCUT2D eigenvalue weighted by Crippen LogP contribution is 2.45. The Morgan fingerprint density at radius 3 is 2.62 bits per heavy atom. The van der Waals surface area contributed by atoms with Crippen molar-refractivity contribution in [3.05, 3.63) is 87.4 Å². The van der Waals surface area contributed by atoms with Crippen LogP contribution in [0.15, 0.2) is 70.2 Å². The van der Waals surface area contributed by atoms with Gasteiger partial charge < -0.3 is 14.2 Å². The summed E-state index contributed by atoms with van der Waals surface area (Å²) in [4.78, 5) is 12.2. The zero-order chi connectivity index (χ0) is 26.0. The molecule has 0 atom stereocenters. The number of nitrogens with one attached hydrogen (secondary N) is 1. The van der Waals surface area contributed by atoms with E-state index in [4.69, 9.17) is 14.2 Å². The minimum atomic E-state index is -0.374. The molecule has 37 heavy (non-hydrogen) atoms. The van der Waals surface area contributed by atoms with Crippen LogP contribution < -0.4 is 19.6 Å². The molecule has 1 amide bonds. The second kappa shape index (κ2) is 13.4. The lowest BCUT2D eigenvalue weighted by Crippen LogP contribution is -2.24. The molecule has 3 aromatic rings. The van der Waals surface area contributed by atoms with Crippen molar-refractivity contribution < 1.29 is 19.0 Å². The second-order valence-electron chi connectivity index (χ2n) is 7.81. The first-order valence-electron chi connectivity index (χ1n) is 11.3. The van der Waals surface area contributed by atoms with Crippen LogP contribution in [0.25, 0.3) is 0 Å². The maximum Gasteiger partial charge on any atom is 0.277 e. The summed E-state index contributed by atoms with van der Waals surface area (Å²) in [6.45, 7) is 0.0717. The Kier molecular flexibility index (Phi) is 9.77. The second-order valence-corrected chi connectivity index (χ2v) is 11.4. The van der Waals surface area contributed by atoms with Crippen molar-refractivity contribution in [2.45, 2.75) is 11.2 Å². The molecule has 0 saturated carbocycles. The lowest BCUT2D eigenvalue weighted by atomic mass is 10.1. The lowest BCUT2D eigenvalue weighted by Gasteiger charge is -2.13.